The van der Waals surface area contributed by atoms with Crippen LogP contribution < -0.4 is 11.1 Å². The number of hydrogen-bond acceptors (Lipinski definition) is 8. The molecule has 0 aliphatic heterocycles. The highest BCUT2D eigenvalue weighted by molar-refractivity contribution is 5.35. The Morgan fingerprint density at radius 3 is 2.90 bits per heavy atom. The third-order valence-electron chi connectivity index (χ3n) is 2.42. The van der Waals surface area contributed by atoms with E-state index in [1.165, 1.54) is 17.3 Å². The van der Waals surface area contributed by atoms with Gasteiger partial charge in [-0.15, -0.1) is 0 Å². The third kappa shape index (κ3) is 2.66. The maximum absolute atomic E-state index is 5.66. The SMILES string of the molecule is Nc1nc(NCc2ccccn2)nc(-n2cncn2)n1. The van der Waals surface area contributed by atoms with Crippen molar-refractivity contribution in [3.8, 4) is 5.95 Å². The number of nitrogens with two attached hydrogens (primary N) is 1. The van der Waals surface area contributed by atoms with Crippen LogP contribution in [0.2, 0.25) is 0 Å². The molecule has 3 aromatic rings. The summed E-state index contributed by atoms with van der Waals surface area (Å²) in [5, 5.41) is 6.98. The zero-order chi connectivity index (χ0) is 13.8. The lowest BCUT2D eigenvalue weighted by molar-refractivity contribution is 0.796. The van der Waals surface area contributed by atoms with Gasteiger partial charge < -0.3 is 11.1 Å². The third-order valence-corrected chi connectivity index (χ3v) is 2.42. The summed E-state index contributed by atoms with van der Waals surface area (Å²) in [6.45, 7) is 0.487. The number of aromatic nitrogens is 7. The van der Waals surface area contributed by atoms with E-state index in [0.717, 1.165) is 5.69 Å². The molecule has 0 saturated carbocycles. The average molecular weight is 269 g/mol. The predicted molar refractivity (Wildman–Crippen MR) is 70.7 cm³/mol. The Morgan fingerprint density at radius 2 is 2.15 bits per heavy atom. The Labute approximate surface area is 114 Å². The smallest absolute Gasteiger partial charge is 0.258 e. The van der Waals surface area contributed by atoms with Gasteiger partial charge in [0.15, 0.2) is 0 Å². The Balaban J connectivity index is 1.80. The maximum atomic E-state index is 5.66. The van der Waals surface area contributed by atoms with E-state index < -0.39 is 0 Å². The van der Waals surface area contributed by atoms with E-state index in [0.29, 0.717) is 18.4 Å². The molecule has 0 saturated heterocycles. The van der Waals surface area contributed by atoms with Crippen LogP contribution >= 0.6 is 0 Å². The summed E-state index contributed by atoms with van der Waals surface area (Å²) in [7, 11) is 0. The molecule has 0 radical (unpaired) electrons. The molecule has 9 nitrogen and oxygen atoms in total. The van der Waals surface area contributed by atoms with Crippen molar-refractivity contribution in [2.24, 2.45) is 0 Å². The number of hydrogen-bond donors (Lipinski definition) is 2. The first-order valence-electron chi connectivity index (χ1n) is 5.81. The molecule has 0 fully saturated rings. The van der Waals surface area contributed by atoms with Gasteiger partial charge in [0.25, 0.3) is 5.95 Å². The molecule has 9 heteroatoms. The van der Waals surface area contributed by atoms with E-state index in [2.05, 4.69) is 35.3 Å². The van der Waals surface area contributed by atoms with Gasteiger partial charge in [-0.25, -0.2) is 4.98 Å². The van der Waals surface area contributed by atoms with Crippen LogP contribution in [0.3, 0.4) is 0 Å². The Bertz CT molecular complexity index is 680. The Kier molecular flexibility index (Phi) is 3.15. The second-order valence-electron chi connectivity index (χ2n) is 3.83. The van der Waals surface area contributed by atoms with E-state index in [1.807, 2.05) is 18.2 Å². The Morgan fingerprint density at radius 1 is 1.20 bits per heavy atom. The first kappa shape index (κ1) is 12.0. The number of pyridine rings is 1. The molecule has 0 unspecified atom stereocenters. The standard InChI is InChI=1S/C11H11N9/c12-9-17-10(15-5-8-3-1-2-4-14-8)19-11(18-9)20-7-13-6-16-20/h1-4,6-7H,5H2,(H3,12,15,17,18,19). The highest BCUT2D eigenvalue weighted by atomic mass is 15.4. The number of anilines is 2. The van der Waals surface area contributed by atoms with Crippen molar-refractivity contribution in [2.75, 3.05) is 11.1 Å². The molecule has 3 N–H and O–H groups in total. The topological polar surface area (TPSA) is 120 Å². The maximum Gasteiger partial charge on any atom is 0.258 e. The highest BCUT2D eigenvalue weighted by Crippen LogP contribution is 2.07. The first-order valence-corrected chi connectivity index (χ1v) is 5.81. The summed E-state index contributed by atoms with van der Waals surface area (Å²) in [5.74, 6) is 0.765. The van der Waals surface area contributed by atoms with Crippen molar-refractivity contribution in [1.82, 2.24) is 34.7 Å². The lowest BCUT2D eigenvalue weighted by Crippen LogP contribution is -2.11. The molecule has 0 bridgehead atoms. The molecule has 0 amide bonds. The quantitative estimate of drug-likeness (QED) is 0.681. The van der Waals surface area contributed by atoms with Gasteiger partial charge in [0.05, 0.1) is 12.2 Å². The van der Waals surface area contributed by atoms with Crippen molar-refractivity contribution in [2.45, 2.75) is 6.54 Å². The summed E-state index contributed by atoms with van der Waals surface area (Å²) in [6, 6.07) is 5.66. The summed E-state index contributed by atoms with van der Waals surface area (Å²) < 4.78 is 1.41. The van der Waals surface area contributed by atoms with Crippen LogP contribution in [0.25, 0.3) is 5.95 Å². The average Bonchev–Trinajstić information content (AvgIpc) is 3.00. The normalized spacial score (nSPS) is 10.4. The minimum Gasteiger partial charge on any atom is -0.368 e. The molecule has 3 rings (SSSR count). The zero-order valence-electron chi connectivity index (χ0n) is 10.4. The van der Waals surface area contributed by atoms with Crippen LogP contribution in [0.5, 0.6) is 0 Å². The van der Waals surface area contributed by atoms with E-state index in [1.54, 1.807) is 6.20 Å². The van der Waals surface area contributed by atoms with E-state index >= 15 is 0 Å². The number of nitrogens with zero attached hydrogens (tertiary/aromatic N) is 7. The highest BCUT2D eigenvalue weighted by Gasteiger charge is 2.06. The molecular weight excluding hydrogens is 258 g/mol. The van der Waals surface area contributed by atoms with Crippen molar-refractivity contribution < 1.29 is 0 Å². The fourth-order valence-corrected chi connectivity index (χ4v) is 1.55. The van der Waals surface area contributed by atoms with Crippen LogP contribution in [0.4, 0.5) is 11.9 Å². The number of nitrogens with one attached hydrogen (secondary N) is 1. The fourth-order valence-electron chi connectivity index (χ4n) is 1.55. The minimum absolute atomic E-state index is 0.106. The van der Waals surface area contributed by atoms with Crippen molar-refractivity contribution >= 4 is 11.9 Å². The molecule has 3 aromatic heterocycles. The molecule has 100 valence electrons. The van der Waals surface area contributed by atoms with Crippen molar-refractivity contribution in [3.63, 3.8) is 0 Å². The van der Waals surface area contributed by atoms with Crippen LogP contribution in [0.1, 0.15) is 5.69 Å². The van der Waals surface area contributed by atoms with Crippen LogP contribution in [-0.2, 0) is 6.54 Å². The van der Waals surface area contributed by atoms with Crippen LogP contribution in [0.15, 0.2) is 37.1 Å². The van der Waals surface area contributed by atoms with E-state index in [-0.39, 0.29) is 5.95 Å². The van der Waals surface area contributed by atoms with Gasteiger partial charge in [-0.3, -0.25) is 4.98 Å². The van der Waals surface area contributed by atoms with E-state index in [4.69, 9.17) is 5.73 Å². The summed E-state index contributed by atoms with van der Waals surface area (Å²) in [5.41, 5.74) is 6.52. The Hall–Kier alpha value is -3.10. The lowest BCUT2D eigenvalue weighted by Gasteiger charge is -2.06. The van der Waals surface area contributed by atoms with Gasteiger partial charge in [0.1, 0.15) is 12.7 Å². The van der Waals surface area contributed by atoms with Gasteiger partial charge in [0.2, 0.25) is 11.9 Å². The number of nitrogen functional groups attached to an aromatic ring is 1. The van der Waals surface area contributed by atoms with Gasteiger partial charge in [-0.1, -0.05) is 6.07 Å². The molecule has 20 heavy (non-hydrogen) atoms. The number of rotatable bonds is 4. The zero-order valence-corrected chi connectivity index (χ0v) is 10.4. The summed E-state index contributed by atoms with van der Waals surface area (Å²) in [4.78, 5) is 20.2. The second-order valence-corrected chi connectivity index (χ2v) is 3.83. The monoisotopic (exact) mass is 269 g/mol. The lowest BCUT2D eigenvalue weighted by atomic mass is 10.3. The minimum atomic E-state index is 0.106. The van der Waals surface area contributed by atoms with E-state index in [9.17, 15) is 0 Å². The van der Waals surface area contributed by atoms with Crippen LogP contribution in [0, 0.1) is 0 Å². The van der Waals surface area contributed by atoms with Crippen molar-refractivity contribution in [1.29, 1.82) is 0 Å². The summed E-state index contributed by atoms with van der Waals surface area (Å²) >= 11 is 0. The molecular formula is C11H11N9. The largest absolute Gasteiger partial charge is 0.368 e. The molecule has 3 heterocycles. The van der Waals surface area contributed by atoms with Gasteiger partial charge in [-0.2, -0.15) is 24.7 Å². The fraction of sp³-hybridized carbons (Fsp3) is 0.0909. The first-order chi connectivity index (χ1) is 9.81. The molecule has 0 aliphatic rings. The second kappa shape index (κ2) is 5.26. The molecule has 0 spiro atoms. The van der Waals surface area contributed by atoms with Crippen LogP contribution in [-0.4, -0.2) is 34.7 Å². The summed E-state index contributed by atoms with van der Waals surface area (Å²) in [6.07, 6.45) is 4.60. The predicted octanol–water partition coefficient (Wildman–Crippen LogP) is 0.0416. The molecule has 0 atom stereocenters. The van der Waals surface area contributed by atoms with Gasteiger partial charge >= 0.3 is 0 Å². The van der Waals surface area contributed by atoms with Gasteiger partial charge in [-0.05, 0) is 12.1 Å². The molecule has 0 aromatic carbocycles. The molecule has 0 aliphatic carbocycles. The van der Waals surface area contributed by atoms with Gasteiger partial charge in [0, 0.05) is 6.20 Å². The van der Waals surface area contributed by atoms with Crippen molar-refractivity contribution in [3.05, 3.63) is 42.7 Å².